The first-order valence-electron chi connectivity index (χ1n) is 13.1. The number of hydrogen-bond donors (Lipinski definition) is 0. The van der Waals surface area contributed by atoms with Gasteiger partial charge in [0.15, 0.2) is 9.84 Å². The van der Waals surface area contributed by atoms with Crippen molar-refractivity contribution in [2.24, 2.45) is 0 Å². The van der Waals surface area contributed by atoms with Gasteiger partial charge in [-0.1, -0.05) is 19.1 Å². The van der Waals surface area contributed by atoms with E-state index in [4.69, 9.17) is 4.74 Å². The normalized spacial score (nSPS) is 16.2. The molecule has 1 fully saturated rings. The summed E-state index contributed by atoms with van der Waals surface area (Å²) in [6.07, 6.45) is 5.36. The molecule has 9 heteroatoms. The minimum Gasteiger partial charge on any atom is -0.444 e. The lowest BCUT2D eigenvalue weighted by atomic mass is 10.1. The maximum Gasteiger partial charge on any atom is 0.410 e. The number of hydrogen-bond acceptors (Lipinski definition) is 6. The van der Waals surface area contributed by atoms with Gasteiger partial charge in [0.1, 0.15) is 12.1 Å². The van der Waals surface area contributed by atoms with Crippen molar-refractivity contribution in [2.45, 2.75) is 83.3 Å². The van der Waals surface area contributed by atoms with Gasteiger partial charge in [-0.15, -0.1) is 0 Å². The number of unbranched alkanes of at least 4 members (excludes halogenated alkanes) is 1. The van der Waals surface area contributed by atoms with Gasteiger partial charge in [0.2, 0.25) is 5.91 Å². The van der Waals surface area contributed by atoms with Crippen molar-refractivity contribution < 1.29 is 22.7 Å². The first kappa shape index (κ1) is 30.1. The zero-order valence-corrected chi connectivity index (χ0v) is 23.8. The Labute approximate surface area is 217 Å². The molecule has 36 heavy (non-hydrogen) atoms. The smallest absolute Gasteiger partial charge is 0.410 e. The van der Waals surface area contributed by atoms with Gasteiger partial charge in [-0.3, -0.25) is 9.69 Å². The highest BCUT2D eigenvalue weighted by molar-refractivity contribution is 7.90. The highest BCUT2D eigenvalue weighted by Crippen LogP contribution is 2.16. The summed E-state index contributed by atoms with van der Waals surface area (Å²) >= 11 is 0. The molecule has 1 heterocycles. The molecule has 8 nitrogen and oxygen atoms in total. The second-order valence-corrected chi connectivity index (χ2v) is 12.9. The first-order chi connectivity index (χ1) is 16.8. The van der Waals surface area contributed by atoms with Crippen LogP contribution in [0.2, 0.25) is 0 Å². The Balaban J connectivity index is 1.82. The molecule has 1 aromatic rings. The first-order valence-corrected chi connectivity index (χ1v) is 15.0. The molecule has 2 amide bonds. The van der Waals surface area contributed by atoms with Crippen LogP contribution in [0.25, 0.3) is 0 Å². The topological polar surface area (TPSA) is 87.2 Å². The molecule has 0 spiro atoms. The lowest BCUT2D eigenvalue weighted by molar-refractivity contribution is -0.131. The van der Waals surface area contributed by atoms with Crippen LogP contribution >= 0.6 is 0 Å². The zero-order chi connectivity index (χ0) is 26.9. The van der Waals surface area contributed by atoms with E-state index in [0.717, 1.165) is 50.8 Å². The number of amides is 2. The summed E-state index contributed by atoms with van der Waals surface area (Å²) in [4.78, 5) is 31.3. The van der Waals surface area contributed by atoms with Gasteiger partial charge in [-0.05, 0) is 90.6 Å². The molecule has 0 aliphatic carbocycles. The molecule has 0 N–H and O–H groups in total. The van der Waals surface area contributed by atoms with Gasteiger partial charge in [-0.25, -0.2) is 13.2 Å². The van der Waals surface area contributed by atoms with Crippen LogP contribution in [0.5, 0.6) is 0 Å². The number of sulfone groups is 1. The summed E-state index contributed by atoms with van der Waals surface area (Å²) in [7, 11) is -3.18. The fourth-order valence-corrected chi connectivity index (χ4v) is 5.07. The lowest BCUT2D eigenvalue weighted by Gasteiger charge is -2.29. The molecule has 2 rings (SSSR count). The van der Waals surface area contributed by atoms with E-state index in [1.165, 1.54) is 11.2 Å². The SMILES string of the molecule is CCCN(CCCCN1CCCN(C(=O)OC(C)(C)C)CC1=O)C(C)Cc1ccc(S(C)(=O)=O)cc1. The van der Waals surface area contributed by atoms with Gasteiger partial charge in [0, 0.05) is 31.9 Å². The molecule has 1 aliphatic rings. The average molecular weight is 524 g/mol. The van der Waals surface area contributed by atoms with Gasteiger partial charge in [-0.2, -0.15) is 0 Å². The van der Waals surface area contributed by atoms with E-state index in [9.17, 15) is 18.0 Å². The molecule has 1 unspecified atom stereocenters. The van der Waals surface area contributed by atoms with Crippen LogP contribution in [0.4, 0.5) is 4.79 Å². The van der Waals surface area contributed by atoms with E-state index < -0.39 is 21.5 Å². The fraction of sp³-hybridized carbons (Fsp3) is 0.704. The molecule has 204 valence electrons. The third-order valence-electron chi connectivity index (χ3n) is 6.33. The lowest BCUT2D eigenvalue weighted by Crippen LogP contribution is -2.42. The quantitative estimate of drug-likeness (QED) is 0.408. The molecule has 0 aromatic heterocycles. The number of benzene rings is 1. The predicted octanol–water partition coefficient (Wildman–Crippen LogP) is 3.98. The van der Waals surface area contributed by atoms with E-state index >= 15 is 0 Å². The van der Waals surface area contributed by atoms with Crippen LogP contribution in [-0.2, 0) is 25.8 Å². The van der Waals surface area contributed by atoms with Crippen LogP contribution in [0.1, 0.15) is 65.9 Å². The highest BCUT2D eigenvalue weighted by atomic mass is 32.2. The van der Waals surface area contributed by atoms with Crippen molar-refractivity contribution in [3.05, 3.63) is 29.8 Å². The Morgan fingerprint density at radius 1 is 1.11 bits per heavy atom. The summed E-state index contributed by atoms with van der Waals surface area (Å²) in [5, 5.41) is 0. The third kappa shape index (κ3) is 10.1. The van der Waals surface area contributed by atoms with Gasteiger partial charge >= 0.3 is 6.09 Å². The maximum atomic E-state index is 12.8. The molecule has 1 aromatic carbocycles. The van der Waals surface area contributed by atoms with E-state index in [0.29, 0.717) is 30.6 Å². The number of carbonyl (C=O) groups is 2. The second-order valence-electron chi connectivity index (χ2n) is 10.8. The van der Waals surface area contributed by atoms with Crippen LogP contribution in [0, 0.1) is 0 Å². The molecular formula is C27H45N3O5S. The minimum atomic E-state index is -3.18. The summed E-state index contributed by atoms with van der Waals surface area (Å²) in [5.74, 6) is -0.0188. The average Bonchev–Trinajstić information content (AvgIpc) is 2.96. The van der Waals surface area contributed by atoms with E-state index in [2.05, 4.69) is 18.7 Å². The van der Waals surface area contributed by atoms with Crippen LogP contribution in [0.3, 0.4) is 0 Å². The number of nitrogens with zero attached hydrogens (tertiary/aromatic N) is 3. The van der Waals surface area contributed by atoms with Gasteiger partial charge in [0.25, 0.3) is 0 Å². The molecule has 1 saturated heterocycles. The van der Waals surface area contributed by atoms with Crippen molar-refractivity contribution in [2.75, 3.05) is 45.5 Å². The van der Waals surface area contributed by atoms with E-state index in [1.807, 2.05) is 37.8 Å². The Morgan fingerprint density at radius 3 is 2.36 bits per heavy atom. The monoisotopic (exact) mass is 523 g/mol. The fourth-order valence-electron chi connectivity index (χ4n) is 4.44. The Morgan fingerprint density at radius 2 is 1.78 bits per heavy atom. The Kier molecular flexibility index (Phi) is 11.2. The molecule has 1 atom stereocenters. The van der Waals surface area contributed by atoms with Crippen molar-refractivity contribution in [1.29, 1.82) is 0 Å². The molecular weight excluding hydrogens is 478 g/mol. The number of carbonyl (C=O) groups excluding carboxylic acids is 2. The molecule has 0 saturated carbocycles. The largest absolute Gasteiger partial charge is 0.444 e. The Bertz CT molecular complexity index is 957. The summed E-state index contributed by atoms with van der Waals surface area (Å²) in [5.41, 5.74) is 0.549. The van der Waals surface area contributed by atoms with Crippen LogP contribution in [-0.4, -0.2) is 92.3 Å². The van der Waals surface area contributed by atoms with E-state index in [1.54, 1.807) is 12.1 Å². The van der Waals surface area contributed by atoms with E-state index in [-0.39, 0.29) is 12.5 Å². The molecule has 1 aliphatic heterocycles. The molecule has 0 bridgehead atoms. The van der Waals surface area contributed by atoms with Crippen molar-refractivity contribution in [3.63, 3.8) is 0 Å². The zero-order valence-electron chi connectivity index (χ0n) is 23.0. The van der Waals surface area contributed by atoms with Gasteiger partial charge in [0.05, 0.1) is 4.90 Å². The van der Waals surface area contributed by atoms with Crippen molar-refractivity contribution in [1.82, 2.24) is 14.7 Å². The number of ether oxygens (including phenoxy) is 1. The minimum absolute atomic E-state index is 0.0188. The standard InChI is InChI=1S/C27H45N3O5S/c1-7-15-28(22(2)20-23-11-13-24(14-12-23)36(6,33)34)16-8-9-17-29-18-10-19-30(21-25(29)31)26(32)35-27(3,4)5/h11-14,22H,7-10,15-21H2,1-6H3. The second kappa shape index (κ2) is 13.4. The molecule has 0 radical (unpaired) electrons. The summed E-state index contributed by atoms with van der Waals surface area (Å²) in [6.45, 7) is 13.8. The van der Waals surface area contributed by atoms with Crippen molar-refractivity contribution in [3.8, 4) is 0 Å². The predicted molar refractivity (Wildman–Crippen MR) is 143 cm³/mol. The highest BCUT2D eigenvalue weighted by Gasteiger charge is 2.28. The summed E-state index contributed by atoms with van der Waals surface area (Å²) in [6, 6.07) is 7.51. The van der Waals surface area contributed by atoms with Crippen molar-refractivity contribution >= 4 is 21.8 Å². The third-order valence-corrected chi connectivity index (χ3v) is 7.46. The number of rotatable bonds is 11. The maximum absolute atomic E-state index is 12.8. The van der Waals surface area contributed by atoms with Crippen LogP contribution < -0.4 is 0 Å². The van der Waals surface area contributed by atoms with Gasteiger partial charge < -0.3 is 14.5 Å². The summed E-state index contributed by atoms with van der Waals surface area (Å²) < 4.78 is 28.8. The van der Waals surface area contributed by atoms with Crippen LogP contribution in [0.15, 0.2) is 29.2 Å². The Hall–Kier alpha value is -2.13.